The number of amides is 2. The van der Waals surface area contributed by atoms with Gasteiger partial charge in [-0.2, -0.15) is 0 Å². The van der Waals surface area contributed by atoms with Gasteiger partial charge in [0.05, 0.1) is 11.4 Å². The van der Waals surface area contributed by atoms with Crippen molar-refractivity contribution in [1.82, 2.24) is 5.16 Å². The molecule has 21 heavy (non-hydrogen) atoms. The maximum atomic E-state index is 13.6. The smallest absolute Gasteiger partial charge is 0.326 e. The van der Waals surface area contributed by atoms with Crippen LogP contribution in [-0.4, -0.2) is 11.2 Å². The van der Waals surface area contributed by atoms with Crippen LogP contribution < -0.4 is 10.6 Å². The van der Waals surface area contributed by atoms with Gasteiger partial charge in [0.25, 0.3) is 0 Å². The first kappa shape index (κ1) is 15.5. The van der Waals surface area contributed by atoms with E-state index in [1.807, 2.05) is 20.8 Å². The highest BCUT2D eigenvalue weighted by atomic mass is 79.9. The van der Waals surface area contributed by atoms with Crippen molar-refractivity contribution in [2.75, 3.05) is 10.6 Å². The van der Waals surface area contributed by atoms with Gasteiger partial charge >= 0.3 is 6.03 Å². The third-order valence-corrected chi connectivity index (χ3v) is 3.19. The molecule has 1 heterocycles. The molecule has 2 rings (SSSR count). The van der Waals surface area contributed by atoms with Crippen molar-refractivity contribution < 1.29 is 13.7 Å². The van der Waals surface area contributed by atoms with Gasteiger partial charge in [-0.1, -0.05) is 41.9 Å². The monoisotopic (exact) mass is 355 g/mol. The lowest BCUT2D eigenvalue weighted by molar-refractivity contribution is 0.261. The van der Waals surface area contributed by atoms with Crippen molar-refractivity contribution in [3.63, 3.8) is 0 Å². The van der Waals surface area contributed by atoms with E-state index in [0.717, 1.165) is 0 Å². The van der Waals surface area contributed by atoms with Crippen LogP contribution in [0.15, 0.2) is 33.3 Å². The number of hydrogen-bond acceptors (Lipinski definition) is 3. The van der Waals surface area contributed by atoms with Gasteiger partial charge in [0.2, 0.25) is 5.88 Å². The summed E-state index contributed by atoms with van der Waals surface area (Å²) in [7, 11) is 0. The van der Waals surface area contributed by atoms with Crippen molar-refractivity contribution in [2.45, 2.75) is 26.2 Å². The van der Waals surface area contributed by atoms with Crippen LogP contribution in [0.4, 0.5) is 20.8 Å². The number of nitrogens with zero attached hydrogens (tertiary/aromatic N) is 1. The molecular weight excluding hydrogens is 341 g/mol. The lowest BCUT2D eigenvalue weighted by atomic mass is 9.92. The summed E-state index contributed by atoms with van der Waals surface area (Å²) in [5, 5.41) is 8.75. The van der Waals surface area contributed by atoms with E-state index >= 15 is 0 Å². The quantitative estimate of drug-likeness (QED) is 0.832. The Bertz CT molecular complexity index is 664. The summed E-state index contributed by atoms with van der Waals surface area (Å²) in [6, 6.07) is 5.39. The fourth-order valence-corrected chi connectivity index (χ4v) is 1.88. The van der Waals surface area contributed by atoms with Gasteiger partial charge in [-0.3, -0.25) is 5.32 Å². The summed E-state index contributed by atoms with van der Waals surface area (Å²) in [5.41, 5.74) is 0.608. The number of aromatic nitrogens is 1. The highest BCUT2D eigenvalue weighted by molar-refractivity contribution is 9.10. The Labute approximate surface area is 130 Å². The number of urea groups is 1. The molecule has 0 aliphatic carbocycles. The minimum absolute atomic E-state index is 0.0752. The van der Waals surface area contributed by atoms with Crippen molar-refractivity contribution in [1.29, 1.82) is 0 Å². The van der Waals surface area contributed by atoms with Crippen LogP contribution in [0.3, 0.4) is 0 Å². The van der Waals surface area contributed by atoms with Crippen LogP contribution in [0.25, 0.3) is 0 Å². The van der Waals surface area contributed by atoms with E-state index in [4.69, 9.17) is 4.52 Å². The van der Waals surface area contributed by atoms with Gasteiger partial charge in [0.15, 0.2) is 0 Å². The van der Waals surface area contributed by atoms with Crippen LogP contribution in [0, 0.1) is 5.82 Å². The average molecular weight is 356 g/mol. The summed E-state index contributed by atoms with van der Waals surface area (Å²) in [5.74, 6) is -0.331. The molecule has 0 unspecified atom stereocenters. The summed E-state index contributed by atoms with van der Waals surface area (Å²) in [4.78, 5) is 11.8. The van der Waals surface area contributed by atoms with Crippen LogP contribution in [-0.2, 0) is 5.41 Å². The highest BCUT2D eigenvalue weighted by Crippen LogP contribution is 2.24. The molecule has 2 amide bonds. The first-order valence-corrected chi connectivity index (χ1v) is 7.05. The Morgan fingerprint density at radius 3 is 2.57 bits per heavy atom. The molecule has 0 atom stereocenters. The van der Waals surface area contributed by atoms with E-state index in [9.17, 15) is 9.18 Å². The standard InChI is InChI=1S/C14H15BrFN3O2/c1-14(2,3)11-7-12(21-19-11)18-13(20)17-10-5-4-8(15)6-9(10)16/h4-7H,1-3H3,(H2,17,18,20). The molecule has 0 aliphatic rings. The fraction of sp³-hybridized carbons (Fsp3) is 0.286. The van der Waals surface area contributed by atoms with Gasteiger partial charge in [-0.15, -0.1) is 0 Å². The minimum atomic E-state index is -0.604. The Kier molecular flexibility index (Phi) is 4.32. The molecule has 0 radical (unpaired) electrons. The van der Waals surface area contributed by atoms with Gasteiger partial charge in [-0.05, 0) is 18.2 Å². The number of rotatable bonds is 2. The maximum absolute atomic E-state index is 13.6. The van der Waals surface area contributed by atoms with E-state index in [1.54, 1.807) is 12.1 Å². The maximum Gasteiger partial charge on any atom is 0.326 e. The molecule has 0 saturated carbocycles. The van der Waals surface area contributed by atoms with E-state index in [2.05, 4.69) is 31.7 Å². The molecule has 5 nitrogen and oxygen atoms in total. The van der Waals surface area contributed by atoms with Crippen LogP contribution >= 0.6 is 15.9 Å². The topological polar surface area (TPSA) is 67.2 Å². The molecule has 1 aromatic heterocycles. The van der Waals surface area contributed by atoms with Crippen molar-refractivity contribution >= 4 is 33.5 Å². The van der Waals surface area contributed by atoms with Crippen LogP contribution in [0.2, 0.25) is 0 Å². The van der Waals surface area contributed by atoms with E-state index in [-0.39, 0.29) is 17.0 Å². The van der Waals surface area contributed by atoms with Crippen molar-refractivity contribution in [3.05, 3.63) is 40.2 Å². The molecule has 1 aromatic carbocycles. The zero-order chi connectivity index (χ0) is 15.6. The average Bonchev–Trinajstić information content (AvgIpc) is 2.81. The molecule has 0 saturated heterocycles. The second-order valence-electron chi connectivity index (χ2n) is 5.53. The van der Waals surface area contributed by atoms with Gasteiger partial charge in [-0.25, -0.2) is 9.18 Å². The molecule has 0 bridgehead atoms. The molecule has 2 N–H and O–H groups in total. The predicted octanol–water partition coefficient (Wildman–Crippen LogP) is 4.52. The largest absolute Gasteiger partial charge is 0.338 e. The van der Waals surface area contributed by atoms with Gasteiger partial charge in [0.1, 0.15) is 5.82 Å². The summed E-state index contributed by atoms with van der Waals surface area (Å²) in [6.45, 7) is 5.93. The number of benzene rings is 1. The van der Waals surface area contributed by atoms with Crippen LogP contribution in [0.5, 0.6) is 0 Å². The van der Waals surface area contributed by atoms with Gasteiger partial charge in [0, 0.05) is 16.0 Å². The Morgan fingerprint density at radius 2 is 2.00 bits per heavy atom. The van der Waals surface area contributed by atoms with E-state index < -0.39 is 11.8 Å². The highest BCUT2D eigenvalue weighted by Gasteiger charge is 2.19. The molecule has 112 valence electrons. The first-order valence-electron chi connectivity index (χ1n) is 6.26. The second-order valence-corrected chi connectivity index (χ2v) is 6.45. The molecule has 2 aromatic rings. The Morgan fingerprint density at radius 1 is 1.29 bits per heavy atom. The SMILES string of the molecule is CC(C)(C)c1cc(NC(=O)Nc2ccc(Br)cc2F)on1. The van der Waals surface area contributed by atoms with Crippen molar-refractivity contribution in [3.8, 4) is 0 Å². The number of anilines is 2. The van der Waals surface area contributed by atoms with Crippen molar-refractivity contribution in [2.24, 2.45) is 0 Å². The van der Waals surface area contributed by atoms with Gasteiger partial charge < -0.3 is 9.84 Å². The number of carbonyl (C=O) groups is 1. The number of hydrogen-bond donors (Lipinski definition) is 2. The molecule has 0 fully saturated rings. The number of nitrogens with one attached hydrogen (secondary N) is 2. The normalized spacial score (nSPS) is 11.3. The molecule has 0 aliphatic heterocycles. The lowest BCUT2D eigenvalue weighted by Crippen LogP contribution is -2.19. The molecule has 0 spiro atoms. The lowest BCUT2D eigenvalue weighted by Gasteiger charge is -2.12. The minimum Gasteiger partial charge on any atom is -0.338 e. The predicted molar refractivity (Wildman–Crippen MR) is 81.9 cm³/mol. The first-order chi connectivity index (χ1) is 9.75. The third kappa shape index (κ3) is 4.04. The zero-order valence-electron chi connectivity index (χ0n) is 11.8. The zero-order valence-corrected chi connectivity index (χ0v) is 13.4. The van der Waals surface area contributed by atoms with E-state index in [1.165, 1.54) is 12.1 Å². The Balaban J connectivity index is 2.03. The third-order valence-electron chi connectivity index (χ3n) is 2.69. The fourth-order valence-electron chi connectivity index (χ4n) is 1.54. The summed E-state index contributed by atoms with van der Waals surface area (Å²) in [6.07, 6.45) is 0. The summed E-state index contributed by atoms with van der Waals surface area (Å²) < 4.78 is 19.2. The molecule has 7 heteroatoms. The summed E-state index contributed by atoms with van der Waals surface area (Å²) >= 11 is 3.15. The number of halogens is 2. The Hall–Kier alpha value is -1.89. The van der Waals surface area contributed by atoms with E-state index in [0.29, 0.717) is 10.2 Å². The number of carbonyl (C=O) groups excluding carboxylic acids is 1. The molecular formula is C14H15BrFN3O2. The second kappa shape index (κ2) is 5.85. The van der Waals surface area contributed by atoms with Crippen LogP contribution in [0.1, 0.15) is 26.5 Å².